The molecule has 49 heavy (non-hydrogen) atoms. The first kappa shape index (κ1) is 27.6. The van der Waals surface area contributed by atoms with Gasteiger partial charge < -0.3 is 9.73 Å². The Morgan fingerprint density at radius 1 is 0.490 bits per heavy atom. The first-order chi connectivity index (χ1) is 24.3. The fourth-order valence-electron chi connectivity index (χ4n) is 7.27. The van der Waals surface area contributed by atoms with Gasteiger partial charge in [0.05, 0.1) is 0 Å². The Kier molecular flexibility index (Phi) is 6.21. The zero-order valence-corrected chi connectivity index (χ0v) is 26.5. The Morgan fingerprint density at radius 3 is 2.04 bits per heavy atom. The van der Waals surface area contributed by atoms with Crippen molar-refractivity contribution in [3.05, 3.63) is 180 Å². The largest absolute Gasteiger partial charge is 0.455 e. The Balaban J connectivity index is 1.20. The van der Waals surface area contributed by atoms with E-state index in [1.54, 1.807) is 0 Å². The Morgan fingerprint density at radius 2 is 1.16 bits per heavy atom. The molecule has 0 fully saturated rings. The second-order valence-corrected chi connectivity index (χ2v) is 12.6. The molecule has 0 radical (unpaired) electrons. The lowest BCUT2D eigenvalue weighted by molar-refractivity contribution is 0.669. The van der Waals surface area contributed by atoms with E-state index in [-0.39, 0.29) is 6.17 Å². The van der Waals surface area contributed by atoms with Gasteiger partial charge in [-0.25, -0.2) is 9.98 Å². The molecule has 1 aromatic heterocycles. The van der Waals surface area contributed by atoms with Gasteiger partial charge in [0.25, 0.3) is 0 Å². The van der Waals surface area contributed by atoms with Crippen LogP contribution >= 0.6 is 0 Å². The predicted molar refractivity (Wildman–Crippen MR) is 204 cm³/mol. The summed E-state index contributed by atoms with van der Waals surface area (Å²) >= 11 is 0. The number of amidine groups is 2. The van der Waals surface area contributed by atoms with Crippen molar-refractivity contribution >= 4 is 65.9 Å². The van der Waals surface area contributed by atoms with E-state index >= 15 is 0 Å². The number of benzene rings is 8. The van der Waals surface area contributed by atoms with Crippen LogP contribution in [0.25, 0.3) is 65.4 Å². The van der Waals surface area contributed by atoms with E-state index in [0.717, 1.165) is 55.6 Å². The summed E-state index contributed by atoms with van der Waals surface area (Å²) in [6.07, 6.45) is -0.325. The smallest absolute Gasteiger partial charge is 0.160 e. The number of para-hydroxylation sites is 1. The molecule has 0 bridgehead atoms. The Labute approximate surface area is 282 Å². The van der Waals surface area contributed by atoms with Crippen molar-refractivity contribution in [3.8, 4) is 11.1 Å². The van der Waals surface area contributed by atoms with Gasteiger partial charge in [0, 0.05) is 27.5 Å². The molecule has 4 nitrogen and oxygen atoms in total. The fraction of sp³-hybridized carbons (Fsp3) is 0.0222. The summed E-state index contributed by atoms with van der Waals surface area (Å²) in [5, 5.41) is 13.0. The lowest BCUT2D eigenvalue weighted by Crippen LogP contribution is -2.33. The first-order valence-corrected chi connectivity index (χ1v) is 16.6. The quantitative estimate of drug-likeness (QED) is 0.197. The van der Waals surface area contributed by atoms with Gasteiger partial charge in [-0.05, 0) is 73.8 Å². The molecule has 0 saturated heterocycles. The van der Waals surface area contributed by atoms with E-state index in [1.807, 2.05) is 30.3 Å². The van der Waals surface area contributed by atoms with E-state index in [0.29, 0.717) is 5.84 Å². The molecule has 230 valence electrons. The molecule has 0 aliphatic carbocycles. The van der Waals surface area contributed by atoms with Crippen LogP contribution in [0.15, 0.2) is 178 Å². The van der Waals surface area contributed by atoms with Crippen molar-refractivity contribution in [3.63, 3.8) is 0 Å². The standard InChI is InChI=1S/C45H29N3O/c1-2-12-31(13-3-1)43-46-44(34-23-18-28-10-4-5-14-32(28)26-34)48-45(47-43)38-25-24-36(42-41(38)37-16-8-9-17-40(37)49-42)33-22-21-30-20-19-29-11-6-7-15-35(29)39(30)27-33/h1-27,44H,(H,46,47,48). The zero-order valence-electron chi connectivity index (χ0n) is 26.5. The molecule has 4 heteroatoms. The van der Waals surface area contributed by atoms with Crippen LogP contribution in [0.3, 0.4) is 0 Å². The summed E-state index contributed by atoms with van der Waals surface area (Å²) in [6, 6.07) is 57.5. The summed E-state index contributed by atoms with van der Waals surface area (Å²) in [7, 11) is 0. The lowest BCUT2D eigenvalue weighted by atomic mass is 9.94. The maximum Gasteiger partial charge on any atom is 0.160 e. The highest BCUT2D eigenvalue weighted by atomic mass is 16.3. The van der Waals surface area contributed by atoms with Gasteiger partial charge in [0.2, 0.25) is 0 Å². The maximum absolute atomic E-state index is 6.72. The van der Waals surface area contributed by atoms with E-state index in [1.165, 1.54) is 32.3 Å². The molecule has 1 unspecified atom stereocenters. The molecule has 0 spiro atoms. The number of furan rings is 1. The minimum absolute atomic E-state index is 0.325. The molecule has 8 aromatic carbocycles. The highest BCUT2D eigenvalue weighted by Gasteiger charge is 2.25. The molecule has 9 aromatic rings. The maximum atomic E-state index is 6.72. The molecule has 1 aliphatic rings. The Bertz CT molecular complexity index is 2810. The van der Waals surface area contributed by atoms with Gasteiger partial charge in [-0.3, -0.25) is 0 Å². The molecular weight excluding hydrogens is 599 g/mol. The summed E-state index contributed by atoms with van der Waals surface area (Å²) in [5.74, 6) is 1.46. The minimum Gasteiger partial charge on any atom is -0.455 e. The van der Waals surface area contributed by atoms with Crippen molar-refractivity contribution in [1.29, 1.82) is 0 Å². The van der Waals surface area contributed by atoms with Gasteiger partial charge in [-0.1, -0.05) is 133 Å². The molecular formula is C45H29N3O. The number of nitrogens with one attached hydrogen (secondary N) is 1. The molecule has 1 N–H and O–H groups in total. The average Bonchev–Trinajstić information content (AvgIpc) is 3.57. The first-order valence-electron chi connectivity index (χ1n) is 16.6. The summed E-state index contributed by atoms with van der Waals surface area (Å²) in [6.45, 7) is 0. The van der Waals surface area contributed by atoms with Crippen molar-refractivity contribution in [2.24, 2.45) is 9.98 Å². The van der Waals surface area contributed by atoms with E-state index < -0.39 is 0 Å². The van der Waals surface area contributed by atoms with Gasteiger partial charge in [0.15, 0.2) is 5.84 Å². The molecule has 10 rings (SSSR count). The SMILES string of the molecule is c1ccc(C2=NC(c3ccc(-c4ccc5ccc6ccccc6c5c4)c4oc5ccccc5c34)=NC(c3ccc4ccccc4c3)N2)cc1. The minimum atomic E-state index is -0.325. The van der Waals surface area contributed by atoms with E-state index in [2.05, 4.69) is 139 Å². The normalized spacial score (nSPS) is 14.7. The highest BCUT2D eigenvalue weighted by molar-refractivity contribution is 6.24. The topological polar surface area (TPSA) is 49.9 Å². The van der Waals surface area contributed by atoms with Crippen LogP contribution < -0.4 is 5.32 Å². The Hall–Kier alpha value is -6.52. The van der Waals surface area contributed by atoms with E-state index in [4.69, 9.17) is 14.4 Å². The van der Waals surface area contributed by atoms with Crippen LogP contribution in [0.4, 0.5) is 0 Å². The molecule has 0 amide bonds. The fourth-order valence-corrected chi connectivity index (χ4v) is 7.27. The zero-order chi connectivity index (χ0) is 32.3. The number of nitrogens with zero attached hydrogens (tertiary/aromatic N) is 2. The predicted octanol–water partition coefficient (Wildman–Crippen LogP) is 11.2. The molecule has 1 atom stereocenters. The molecule has 1 aliphatic heterocycles. The lowest BCUT2D eigenvalue weighted by Gasteiger charge is -2.24. The van der Waals surface area contributed by atoms with Crippen LogP contribution in [-0.2, 0) is 0 Å². The number of aliphatic imine (C=N–C) groups is 2. The number of hydrogen-bond donors (Lipinski definition) is 1. The van der Waals surface area contributed by atoms with Crippen LogP contribution in [0.1, 0.15) is 22.9 Å². The summed E-state index contributed by atoms with van der Waals surface area (Å²) in [5.41, 5.74) is 6.84. The third-order valence-corrected chi connectivity index (χ3v) is 9.70. The molecule has 2 heterocycles. The van der Waals surface area contributed by atoms with Gasteiger partial charge in [-0.15, -0.1) is 0 Å². The molecule has 0 saturated carbocycles. The summed E-state index contributed by atoms with van der Waals surface area (Å²) < 4.78 is 6.72. The third kappa shape index (κ3) is 4.61. The van der Waals surface area contributed by atoms with Gasteiger partial charge >= 0.3 is 0 Å². The van der Waals surface area contributed by atoms with Crippen molar-refractivity contribution < 1.29 is 4.42 Å². The third-order valence-electron chi connectivity index (χ3n) is 9.70. The second kappa shape index (κ2) is 11.0. The van der Waals surface area contributed by atoms with Crippen LogP contribution in [-0.4, -0.2) is 11.7 Å². The van der Waals surface area contributed by atoms with Crippen LogP contribution in [0, 0.1) is 0 Å². The number of hydrogen-bond acceptors (Lipinski definition) is 4. The van der Waals surface area contributed by atoms with Gasteiger partial charge in [0.1, 0.15) is 23.2 Å². The van der Waals surface area contributed by atoms with Crippen LogP contribution in [0.2, 0.25) is 0 Å². The average molecular weight is 628 g/mol. The van der Waals surface area contributed by atoms with Crippen molar-refractivity contribution in [2.75, 3.05) is 0 Å². The number of fused-ring (bicyclic) bond motifs is 7. The number of rotatable bonds is 4. The monoisotopic (exact) mass is 627 g/mol. The second-order valence-electron chi connectivity index (χ2n) is 12.6. The van der Waals surface area contributed by atoms with Crippen molar-refractivity contribution in [1.82, 2.24) is 5.32 Å². The van der Waals surface area contributed by atoms with Gasteiger partial charge in [-0.2, -0.15) is 0 Å². The van der Waals surface area contributed by atoms with E-state index in [9.17, 15) is 0 Å². The van der Waals surface area contributed by atoms with Crippen LogP contribution in [0.5, 0.6) is 0 Å². The highest BCUT2D eigenvalue weighted by Crippen LogP contribution is 2.40. The summed E-state index contributed by atoms with van der Waals surface area (Å²) in [4.78, 5) is 10.5. The van der Waals surface area contributed by atoms with Crippen molar-refractivity contribution in [2.45, 2.75) is 6.17 Å².